The molecule has 0 aliphatic heterocycles. The van der Waals surface area contributed by atoms with Crippen LogP contribution in [0, 0.1) is 0 Å². The smallest absolute Gasteiger partial charge is 0.0485 e. The third-order valence-electron chi connectivity index (χ3n) is 5.07. The molecule has 1 aliphatic rings. The summed E-state index contributed by atoms with van der Waals surface area (Å²) in [6.07, 6.45) is 4.91. The molecule has 1 aromatic carbocycles. The lowest BCUT2D eigenvalue weighted by atomic mass is 9.91. The predicted molar refractivity (Wildman–Crippen MR) is 94.6 cm³/mol. The van der Waals surface area contributed by atoms with Crippen molar-refractivity contribution in [3.8, 4) is 0 Å². The highest BCUT2D eigenvalue weighted by Crippen LogP contribution is 2.33. The molecule has 0 radical (unpaired) electrons. The molecule has 3 nitrogen and oxygen atoms in total. The fourth-order valence-electron chi connectivity index (χ4n) is 3.82. The van der Waals surface area contributed by atoms with Crippen LogP contribution in [0.25, 0.3) is 10.9 Å². The summed E-state index contributed by atoms with van der Waals surface area (Å²) < 4.78 is 2.60. The third-order valence-corrected chi connectivity index (χ3v) is 5.07. The molecule has 3 rings (SSSR count). The molecule has 1 unspecified atom stereocenters. The maximum absolute atomic E-state index is 2.60. The molecule has 120 valence electrons. The van der Waals surface area contributed by atoms with Crippen molar-refractivity contribution < 1.29 is 0 Å². The Labute approximate surface area is 134 Å². The Balaban J connectivity index is 1.95. The maximum atomic E-state index is 2.60. The van der Waals surface area contributed by atoms with Crippen LogP contribution in [0.1, 0.15) is 24.1 Å². The van der Waals surface area contributed by atoms with E-state index in [0.717, 1.165) is 13.1 Å². The van der Waals surface area contributed by atoms with Gasteiger partial charge < -0.3 is 14.4 Å². The zero-order valence-corrected chi connectivity index (χ0v) is 14.5. The third kappa shape index (κ3) is 2.92. The Hall–Kier alpha value is -1.32. The Morgan fingerprint density at radius 3 is 2.64 bits per heavy atom. The number of benzene rings is 1. The first-order valence-corrected chi connectivity index (χ1v) is 8.48. The Bertz CT molecular complexity index is 639. The zero-order chi connectivity index (χ0) is 15.7. The van der Waals surface area contributed by atoms with Crippen LogP contribution in [0.5, 0.6) is 0 Å². The van der Waals surface area contributed by atoms with Gasteiger partial charge in [0.15, 0.2) is 0 Å². The Morgan fingerprint density at radius 1 is 1.14 bits per heavy atom. The first-order chi connectivity index (χ1) is 10.6. The van der Waals surface area contributed by atoms with Gasteiger partial charge in [-0.2, -0.15) is 0 Å². The van der Waals surface area contributed by atoms with Crippen molar-refractivity contribution in [2.75, 3.05) is 34.7 Å². The van der Waals surface area contributed by atoms with E-state index in [-0.39, 0.29) is 0 Å². The van der Waals surface area contributed by atoms with E-state index in [2.05, 4.69) is 66.8 Å². The van der Waals surface area contributed by atoms with E-state index < -0.39 is 0 Å². The molecule has 1 aromatic heterocycles. The lowest BCUT2D eigenvalue weighted by molar-refractivity contribution is 0.266. The summed E-state index contributed by atoms with van der Waals surface area (Å²) >= 11 is 0. The highest BCUT2D eigenvalue weighted by atomic mass is 15.1. The quantitative estimate of drug-likeness (QED) is 0.841. The summed E-state index contributed by atoms with van der Waals surface area (Å²) in [5, 5.41) is 1.48. The fraction of sp³-hybridized carbons (Fsp3) is 0.579. The second-order valence-electron chi connectivity index (χ2n) is 7.11. The number of aryl methyl sites for hydroxylation is 1. The van der Waals surface area contributed by atoms with Crippen molar-refractivity contribution in [2.45, 2.75) is 38.3 Å². The molecular weight excluding hydrogens is 270 g/mol. The van der Waals surface area contributed by atoms with Gasteiger partial charge >= 0.3 is 0 Å². The lowest BCUT2D eigenvalue weighted by Crippen LogP contribution is -2.33. The van der Waals surface area contributed by atoms with Crippen molar-refractivity contribution in [2.24, 2.45) is 0 Å². The minimum atomic E-state index is 0.688. The average Bonchev–Trinajstić information content (AvgIpc) is 2.81. The van der Waals surface area contributed by atoms with E-state index in [1.165, 1.54) is 36.6 Å². The second kappa shape index (κ2) is 6.43. The van der Waals surface area contributed by atoms with Crippen molar-refractivity contribution in [3.63, 3.8) is 0 Å². The summed E-state index contributed by atoms with van der Waals surface area (Å²) in [7, 11) is 8.74. The molecule has 22 heavy (non-hydrogen) atoms. The molecule has 0 spiro atoms. The largest absolute Gasteiger partial charge is 0.344 e. The number of fused-ring (bicyclic) bond motifs is 3. The first kappa shape index (κ1) is 15.6. The molecule has 3 heteroatoms. The predicted octanol–water partition coefficient (Wildman–Crippen LogP) is 3.01. The lowest BCUT2D eigenvalue weighted by Gasteiger charge is -2.29. The normalized spacial score (nSPS) is 18.4. The van der Waals surface area contributed by atoms with Gasteiger partial charge in [0.25, 0.3) is 0 Å². The maximum Gasteiger partial charge on any atom is 0.0485 e. The molecule has 0 saturated heterocycles. The van der Waals surface area contributed by atoms with Crippen LogP contribution in [0.4, 0.5) is 0 Å². The molecule has 1 atom stereocenters. The van der Waals surface area contributed by atoms with Crippen molar-refractivity contribution in [1.29, 1.82) is 0 Å². The molecule has 0 saturated carbocycles. The van der Waals surface area contributed by atoms with Gasteiger partial charge in [-0.25, -0.2) is 0 Å². The SMILES string of the molecule is CN(C)CCCn1c2c(c3ccccc31)CC(N(C)C)CC2. The van der Waals surface area contributed by atoms with Gasteiger partial charge in [-0.3, -0.25) is 0 Å². The Morgan fingerprint density at radius 2 is 1.91 bits per heavy atom. The van der Waals surface area contributed by atoms with Gasteiger partial charge in [0.2, 0.25) is 0 Å². The van der Waals surface area contributed by atoms with E-state index in [1.54, 1.807) is 11.3 Å². The molecule has 1 heterocycles. The molecule has 0 amide bonds. The molecule has 0 fully saturated rings. The van der Waals surface area contributed by atoms with Crippen LogP contribution in [-0.4, -0.2) is 55.1 Å². The van der Waals surface area contributed by atoms with Crippen molar-refractivity contribution in [1.82, 2.24) is 14.4 Å². The van der Waals surface area contributed by atoms with E-state index in [1.807, 2.05) is 0 Å². The second-order valence-corrected chi connectivity index (χ2v) is 7.11. The van der Waals surface area contributed by atoms with Gasteiger partial charge in [-0.15, -0.1) is 0 Å². The first-order valence-electron chi connectivity index (χ1n) is 8.48. The van der Waals surface area contributed by atoms with E-state index in [0.29, 0.717) is 6.04 Å². The summed E-state index contributed by atoms with van der Waals surface area (Å²) in [6, 6.07) is 9.67. The van der Waals surface area contributed by atoms with Crippen LogP contribution >= 0.6 is 0 Å². The van der Waals surface area contributed by atoms with Crippen LogP contribution in [-0.2, 0) is 19.4 Å². The van der Waals surface area contributed by atoms with E-state index in [9.17, 15) is 0 Å². The number of likely N-dealkylation sites (N-methyl/N-ethyl adjacent to an activating group) is 1. The highest BCUT2D eigenvalue weighted by Gasteiger charge is 2.25. The molecular formula is C19H29N3. The summed E-state index contributed by atoms with van der Waals surface area (Å²) in [6.45, 7) is 2.29. The number of aromatic nitrogens is 1. The van der Waals surface area contributed by atoms with Gasteiger partial charge in [0, 0.05) is 29.2 Å². The number of hydrogen-bond donors (Lipinski definition) is 0. The number of rotatable bonds is 5. The van der Waals surface area contributed by atoms with Gasteiger partial charge in [-0.1, -0.05) is 18.2 Å². The fourth-order valence-corrected chi connectivity index (χ4v) is 3.82. The van der Waals surface area contributed by atoms with E-state index >= 15 is 0 Å². The van der Waals surface area contributed by atoms with Crippen LogP contribution in [0.3, 0.4) is 0 Å². The van der Waals surface area contributed by atoms with Crippen LogP contribution in [0.2, 0.25) is 0 Å². The Kier molecular flexibility index (Phi) is 4.55. The minimum Gasteiger partial charge on any atom is -0.344 e. The molecule has 0 bridgehead atoms. The zero-order valence-electron chi connectivity index (χ0n) is 14.5. The van der Waals surface area contributed by atoms with Gasteiger partial charge in [0.1, 0.15) is 0 Å². The summed E-state index contributed by atoms with van der Waals surface area (Å²) in [5.41, 5.74) is 4.63. The summed E-state index contributed by atoms with van der Waals surface area (Å²) in [5.74, 6) is 0. The number of hydrogen-bond acceptors (Lipinski definition) is 2. The van der Waals surface area contributed by atoms with Crippen molar-refractivity contribution in [3.05, 3.63) is 35.5 Å². The van der Waals surface area contributed by atoms with Gasteiger partial charge in [-0.05, 0) is 72.0 Å². The van der Waals surface area contributed by atoms with Crippen molar-refractivity contribution >= 4 is 10.9 Å². The molecule has 1 aliphatic carbocycles. The monoisotopic (exact) mass is 299 g/mol. The van der Waals surface area contributed by atoms with Gasteiger partial charge in [0.05, 0.1) is 0 Å². The number of para-hydroxylation sites is 1. The number of nitrogens with zero attached hydrogens (tertiary/aromatic N) is 3. The summed E-state index contributed by atoms with van der Waals surface area (Å²) in [4.78, 5) is 4.67. The molecule has 0 N–H and O–H groups in total. The van der Waals surface area contributed by atoms with E-state index in [4.69, 9.17) is 0 Å². The highest BCUT2D eigenvalue weighted by molar-refractivity contribution is 5.86. The molecule has 2 aromatic rings. The van der Waals surface area contributed by atoms with Crippen LogP contribution < -0.4 is 0 Å². The van der Waals surface area contributed by atoms with Crippen LogP contribution in [0.15, 0.2) is 24.3 Å². The average molecular weight is 299 g/mol. The standard InChI is InChI=1S/C19H29N3/c1-20(2)12-7-13-22-18-9-6-5-8-16(18)17-14-15(21(3)4)10-11-19(17)22/h5-6,8-9,15H,7,10-14H2,1-4H3. The topological polar surface area (TPSA) is 11.4 Å². The minimum absolute atomic E-state index is 0.688.